The zero-order chi connectivity index (χ0) is 27.1. The third-order valence-corrected chi connectivity index (χ3v) is 6.52. The summed E-state index contributed by atoms with van der Waals surface area (Å²) in [5.41, 5.74) is 1.72. The molecule has 1 amide bonds. The molecule has 0 spiro atoms. The molecule has 0 aromatic heterocycles. The molecule has 200 valence electrons. The number of unbranched alkanes of at least 4 members (excludes halogenated alkanes) is 1. The lowest BCUT2D eigenvalue weighted by Gasteiger charge is -2.28. The fraction of sp³-hybridized carbons (Fsp3) is 0.448. The normalized spacial score (nSPS) is 16.9. The molecule has 2 aromatic carbocycles. The maximum Gasteiger partial charge on any atom is 0.295 e. The van der Waals surface area contributed by atoms with Crippen LogP contribution in [0.25, 0.3) is 5.76 Å². The SMILES string of the molecule is CCCCOc1ccc(C([O-])=C2C(=O)C(=O)N(CCC[NH+](C)C)C2c2ccc(OC)c(OC)c2)cc1C. The summed E-state index contributed by atoms with van der Waals surface area (Å²) in [5, 5.41) is 13.8. The number of nitrogens with one attached hydrogen (secondary N) is 1. The van der Waals surface area contributed by atoms with Crippen molar-refractivity contribution in [3.05, 3.63) is 58.7 Å². The maximum absolute atomic E-state index is 13.8. The van der Waals surface area contributed by atoms with E-state index in [9.17, 15) is 14.7 Å². The second-order valence-electron chi connectivity index (χ2n) is 9.58. The number of hydrogen-bond acceptors (Lipinski definition) is 6. The maximum atomic E-state index is 13.8. The molecule has 8 heteroatoms. The summed E-state index contributed by atoms with van der Waals surface area (Å²) in [4.78, 5) is 29.2. The van der Waals surface area contributed by atoms with Crippen LogP contribution < -0.4 is 24.2 Å². The molecule has 3 rings (SSSR count). The van der Waals surface area contributed by atoms with E-state index in [-0.39, 0.29) is 5.57 Å². The smallest absolute Gasteiger partial charge is 0.295 e. The molecule has 37 heavy (non-hydrogen) atoms. The molecule has 1 fully saturated rings. The van der Waals surface area contributed by atoms with E-state index in [1.807, 2.05) is 21.0 Å². The molecule has 1 aliphatic heterocycles. The van der Waals surface area contributed by atoms with E-state index < -0.39 is 23.5 Å². The summed E-state index contributed by atoms with van der Waals surface area (Å²) in [6.45, 7) is 5.73. The van der Waals surface area contributed by atoms with Gasteiger partial charge in [-0.05, 0) is 54.3 Å². The Morgan fingerprint density at radius 2 is 1.70 bits per heavy atom. The highest BCUT2D eigenvalue weighted by Gasteiger charge is 2.44. The van der Waals surface area contributed by atoms with Gasteiger partial charge in [0.2, 0.25) is 5.78 Å². The fourth-order valence-corrected chi connectivity index (χ4v) is 4.51. The molecular formula is C29H38N2O6. The molecule has 0 aliphatic carbocycles. The molecule has 1 atom stereocenters. The number of aryl methyl sites for hydroxylation is 1. The van der Waals surface area contributed by atoms with E-state index in [4.69, 9.17) is 14.2 Å². The van der Waals surface area contributed by atoms with Gasteiger partial charge in [-0.15, -0.1) is 0 Å². The predicted molar refractivity (Wildman–Crippen MR) is 140 cm³/mol. The van der Waals surface area contributed by atoms with Gasteiger partial charge in [-0.25, -0.2) is 0 Å². The molecule has 1 unspecified atom stereocenters. The van der Waals surface area contributed by atoms with E-state index in [2.05, 4.69) is 6.92 Å². The standard InChI is InChI=1S/C29H38N2O6/c1-7-8-16-37-22-12-11-21(17-19(22)2)27(32)25-26(20-10-13-23(35-5)24(18-20)36-6)31(29(34)28(25)33)15-9-14-30(3)4/h10-13,17-18,26,32H,7-9,14-16H2,1-6H3. The van der Waals surface area contributed by atoms with Crippen molar-refractivity contribution in [1.29, 1.82) is 0 Å². The second-order valence-corrected chi connectivity index (χ2v) is 9.58. The van der Waals surface area contributed by atoms with Gasteiger partial charge in [-0.1, -0.05) is 31.2 Å². The van der Waals surface area contributed by atoms with Crippen molar-refractivity contribution in [2.45, 2.75) is 39.2 Å². The van der Waals surface area contributed by atoms with Crippen molar-refractivity contribution in [3.63, 3.8) is 0 Å². The fourth-order valence-electron chi connectivity index (χ4n) is 4.51. The van der Waals surface area contributed by atoms with Gasteiger partial charge in [0.05, 0.1) is 47.5 Å². The number of ketones is 1. The van der Waals surface area contributed by atoms with Gasteiger partial charge in [-0.3, -0.25) is 9.59 Å². The molecule has 1 N–H and O–H groups in total. The molecule has 2 aromatic rings. The van der Waals surface area contributed by atoms with Crippen molar-refractivity contribution in [2.24, 2.45) is 0 Å². The third-order valence-electron chi connectivity index (χ3n) is 6.52. The number of rotatable bonds is 12. The number of likely N-dealkylation sites (tertiary alicyclic amines) is 1. The lowest BCUT2D eigenvalue weighted by Crippen LogP contribution is -3.05. The van der Waals surface area contributed by atoms with Gasteiger partial charge in [0.15, 0.2) is 11.5 Å². The summed E-state index contributed by atoms with van der Waals surface area (Å²) in [6, 6.07) is 9.53. The minimum absolute atomic E-state index is 0.0477. The molecule has 1 saturated heterocycles. The largest absolute Gasteiger partial charge is 0.872 e. The monoisotopic (exact) mass is 510 g/mol. The minimum atomic E-state index is -0.815. The van der Waals surface area contributed by atoms with E-state index in [1.54, 1.807) is 36.4 Å². The van der Waals surface area contributed by atoms with Gasteiger partial charge in [0.25, 0.3) is 5.91 Å². The van der Waals surface area contributed by atoms with Crippen molar-refractivity contribution < 1.29 is 33.8 Å². The Kier molecular flexibility index (Phi) is 9.58. The zero-order valence-electron chi connectivity index (χ0n) is 22.7. The van der Waals surface area contributed by atoms with Crippen LogP contribution in [0.4, 0.5) is 0 Å². The summed E-state index contributed by atoms with van der Waals surface area (Å²) in [6.07, 6.45) is 2.65. The number of quaternary nitrogens is 1. The Morgan fingerprint density at radius 1 is 1.00 bits per heavy atom. The van der Waals surface area contributed by atoms with Crippen molar-refractivity contribution in [1.82, 2.24) is 4.90 Å². The predicted octanol–water partition coefficient (Wildman–Crippen LogP) is 1.95. The Labute approximate surface area is 219 Å². The Morgan fingerprint density at radius 3 is 2.32 bits per heavy atom. The molecule has 0 radical (unpaired) electrons. The lowest BCUT2D eigenvalue weighted by molar-refractivity contribution is -0.858. The van der Waals surface area contributed by atoms with E-state index in [0.717, 1.165) is 24.9 Å². The molecule has 0 bridgehead atoms. The van der Waals surface area contributed by atoms with Crippen LogP contribution >= 0.6 is 0 Å². The number of Topliss-reactive ketones (excluding diaryl/α,β-unsaturated/α-hetero) is 1. The van der Waals surface area contributed by atoms with Gasteiger partial charge < -0.3 is 29.1 Å². The third kappa shape index (κ3) is 6.25. The van der Waals surface area contributed by atoms with Crippen molar-refractivity contribution in [2.75, 3.05) is 48.0 Å². The number of carbonyl (C=O) groups is 2. The highest BCUT2D eigenvalue weighted by atomic mass is 16.5. The topological polar surface area (TPSA) is 92.6 Å². The van der Waals surface area contributed by atoms with E-state index in [0.29, 0.717) is 47.9 Å². The van der Waals surface area contributed by atoms with Crippen molar-refractivity contribution in [3.8, 4) is 17.2 Å². The first kappa shape index (κ1) is 28.1. The lowest BCUT2D eigenvalue weighted by atomic mass is 9.94. The average molecular weight is 511 g/mol. The average Bonchev–Trinajstić information content (AvgIpc) is 3.13. The quantitative estimate of drug-likeness (QED) is 0.203. The van der Waals surface area contributed by atoms with Gasteiger partial charge in [0, 0.05) is 18.5 Å². The summed E-state index contributed by atoms with van der Waals surface area (Å²) >= 11 is 0. The van der Waals surface area contributed by atoms with Crippen LogP contribution in [0.2, 0.25) is 0 Å². The first-order valence-electron chi connectivity index (χ1n) is 12.7. The molecule has 1 heterocycles. The summed E-state index contributed by atoms with van der Waals surface area (Å²) in [5.74, 6) is -0.196. The Bertz CT molecular complexity index is 1160. The molecule has 1 aliphatic rings. The van der Waals surface area contributed by atoms with E-state index >= 15 is 0 Å². The van der Waals surface area contributed by atoms with Crippen LogP contribution in [-0.2, 0) is 9.59 Å². The van der Waals surface area contributed by atoms with Crippen LogP contribution in [0.3, 0.4) is 0 Å². The summed E-state index contributed by atoms with van der Waals surface area (Å²) in [7, 11) is 7.12. The molecule has 0 saturated carbocycles. The first-order valence-corrected chi connectivity index (χ1v) is 12.7. The number of nitrogens with zero attached hydrogens (tertiary/aromatic N) is 1. The van der Waals surface area contributed by atoms with Crippen LogP contribution in [0.5, 0.6) is 17.2 Å². The van der Waals surface area contributed by atoms with Crippen LogP contribution in [0.15, 0.2) is 42.0 Å². The first-order chi connectivity index (χ1) is 17.7. The number of ether oxygens (including phenoxy) is 3. The van der Waals surface area contributed by atoms with E-state index in [1.165, 1.54) is 24.0 Å². The number of methoxy groups -OCH3 is 2. The van der Waals surface area contributed by atoms with Gasteiger partial charge in [-0.2, -0.15) is 0 Å². The van der Waals surface area contributed by atoms with Crippen LogP contribution in [0.1, 0.15) is 48.9 Å². The Balaban J connectivity index is 2.08. The Hall–Kier alpha value is -3.52. The number of carbonyl (C=O) groups excluding carboxylic acids is 2. The van der Waals surface area contributed by atoms with Crippen LogP contribution in [-0.4, -0.2) is 64.6 Å². The summed E-state index contributed by atoms with van der Waals surface area (Å²) < 4.78 is 16.6. The minimum Gasteiger partial charge on any atom is -0.872 e. The number of benzene rings is 2. The highest BCUT2D eigenvalue weighted by Crippen LogP contribution is 2.41. The number of hydrogen-bond donors (Lipinski definition) is 1. The molecule has 8 nitrogen and oxygen atoms in total. The van der Waals surface area contributed by atoms with Gasteiger partial charge in [0.1, 0.15) is 5.75 Å². The number of amides is 1. The molecular weight excluding hydrogens is 472 g/mol. The second kappa shape index (κ2) is 12.6. The van der Waals surface area contributed by atoms with Gasteiger partial charge >= 0.3 is 0 Å². The highest BCUT2D eigenvalue weighted by molar-refractivity contribution is 6.46. The van der Waals surface area contributed by atoms with Crippen LogP contribution in [0, 0.1) is 6.92 Å². The zero-order valence-corrected chi connectivity index (χ0v) is 22.7. The van der Waals surface area contributed by atoms with Crippen molar-refractivity contribution >= 4 is 17.4 Å².